The van der Waals surface area contributed by atoms with Crippen LogP contribution < -0.4 is 5.32 Å². The predicted octanol–water partition coefficient (Wildman–Crippen LogP) is 2.51. The van der Waals surface area contributed by atoms with Crippen molar-refractivity contribution in [3.63, 3.8) is 0 Å². The number of nitro groups is 1. The molecule has 2 N–H and O–H groups in total. The number of anilines is 1. The van der Waals surface area contributed by atoms with E-state index in [1.54, 1.807) is 24.3 Å². The summed E-state index contributed by atoms with van der Waals surface area (Å²) >= 11 is 0. The van der Waals surface area contributed by atoms with Crippen LogP contribution in [0.15, 0.2) is 48.5 Å². The van der Waals surface area contributed by atoms with E-state index in [4.69, 9.17) is 10.1 Å². The molecule has 1 aliphatic rings. The van der Waals surface area contributed by atoms with Crippen LogP contribution in [0, 0.1) is 15.5 Å². The normalized spacial score (nSPS) is 16.4. The third kappa shape index (κ3) is 3.23. The van der Waals surface area contributed by atoms with Gasteiger partial charge >= 0.3 is 5.97 Å². The van der Waals surface area contributed by atoms with Crippen LogP contribution >= 0.6 is 0 Å². The lowest BCUT2D eigenvalue weighted by molar-refractivity contribution is -0.384. The van der Waals surface area contributed by atoms with Crippen LogP contribution in [0.4, 0.5) is 11.4 Å². The van der Waals surface area contributed by atoms with Crippen molar-refractivity contribution in [2.24, 2.45) is 0 Å². The van der Waals surface area contributed by atoms with Crippen LogP contribution in [0.5, 0.6) is 0 Å². The first kappa shape index (κ1) is 16.3. The van der Waals surface area contributed by atoms with Gasteiger partial charge in [0.05, 0.1) is 10.8 Å². The van der Waals surface area contributed by atoms with Crippen molar-refractivity contribution < 1.29 is 19.2 Å². The second kappa shape index (κ2) is 6.52. The highest BCUT2D eigenvalue weighted by Crippen LogP contribution is 2.30. The molecule has 1 saturated heterocycles. The highest BCUT2D eigenvalue weighted by atomic mass is 16.6. The molecule has 126 valence electrons. The van der Waals surface area contributed by atoms with Crippen molar-refractivity contribution in [1.29, 1.82) is 5.41 Å². The average molecular weight is 339 g/mol. The van der Waals surface area contributed by atoms with Crippen molar-refractivity contribution >= 4 is 29.0 Å². The van der Waals surface area contributed by atoms with Crippen molar-refractivity contribution in [2.45, 2.75) is 5.92 Å². The summed E-state index contributed by atoms with van der Waals surface area (Å²) in [6.07, 6.45) is 0. The molecule has 1 atom stereocenters. The quantitative estimate of drug-likeness (QED) is 0.503. The molecule has 0 bridgehead atoms. The minimum atomic E-state index is -0.665. The van der Waals surface area contributed by atoms with Crippen LogP contribution in [0.2, 0.25) is 0 Å². The first-order chi connectivity index (χ1) is 12.0. The van der Waals surface area contributed by atoms with E-state index >= 15 is 0 Å². The number of nitrogens with one attached hydrogen (secondary N) is 2. The summed E-state index contributed by atoms with van der Waals surface area (Å²) in [6.45, 7) is 0.0576. The van der Waals surface area contributed by atoms with E-state index in [9.17, 15) is 19.7 Å². The number of hydrogen-bond donors (Lipinski definition) is 2. The van der Waals surface area contributed by atoms with E-state index in [-0.39, 0.29) is 23.6 Å². The summed E-state index contributed by atoms with van der Waals surface area (Å²) in [5.74, 6) is -1.65. The Balaban J connectivity index is 1.83. The van der Waals surface area contributed by atoms with Gasteiger partial charge in [0.15, 0.2) is 0 Å². The van der Waals surface area contributed by atoms with Gasteiger partial charge in [-0.05, 0) is 23.8 Å². The number of amides is 1. The molecule has 1 fully saturated rings. The molecule has 8 heteroatoms. The number of esters is 1. The number of hydrogen-bond acceptors (Lipinski definition) is 6. The lowest BCUT2D eigenvalue weighted by Crippen LogP contribution is -2.17. The zero-order chi connectivity index (χ0) is 18.0. The Morgan fingerprint density at radius 3 is 2.48 bits per heavy atom. The van der Waals surface area contributed by atoms with Gasteiger partial charge in [0.25, 0.3) is 11.6 Å². The highest BCUT2D eigenvalue weighted by Gasteiger charge is 2.33. The predicted molar refractivity (Wildman–Crippen MR) is 88.9 cm³/mol. The maximum atomic E-state index is 12.4. The largest absolute Gasteiger partial charge is 0.460 e. The Hall–Kier alpha value is -3.55. The molecule has 8 nitrogen and oxygen atoms in total. The zero-order valence-corrected chi connectivity index (χ0v) is 12.9. The molecule has 2 aromatic carbocycles. The molecule has 1 unspecified atom stereocenters. The molecule has 2 aromatic rings. The third-order valence-corrected chi connectivity index (χ3v) is 3.87. The lowest BCUT2D eigenvalue weighted by atomic mass is 9.95. The molecule has 0 spiro atoms. The number of non-ortho nitro benzene ring substituents is 1. The van der Waals surface area contributed by atoms with Gasteiger partial charge < -0.3 is 10.1 Å². The molecule has 0 aromatic heterocycles. The molecule has 0 saturated carbocycles. The molecule has 1 heterocycles. The topological polar surface area (TPSA) is 122 Å². The maximum Gasteiger partial charge on any atom is 0.352 e. The number of para-hydroxylation sites is 1. The standard InChI is InChI=1S/C17H13N3O5/c18-15-13(9-25-17(15)22)12-3-1-2-4-14(12)19-16(21)10-5-7-11(8-6-10)20(23)24/h1-8,13,18H,9H2,(H,19,21). The Morgan fingerprint density at radius 1 is 1.20 bits per heavy atom. The van der Waals surface area contributed by atoms with Gasteiger partial charge in [-0.15, -0.1) is 0 Å². The summed E-state index contributed by atoms with van der Waals surface area (Å²) in [6, 6.07) is 12.1. The molecular formula is C17H13N3O5. The van der Waals surface area contributed by atoms with E-state index in [0.29, 0.717) is 11.3 Å². The second-order valence-electron chi connectivity index (χ2n) is 5.41. The number of rotatable bonds is 4. The van der Waals surface area contributed by atoms with Crippen LogP contribution in [0.25, 0.3) is 0 Å². The number of ether oxygens (including phenoxy) is 1. The zero-order valence-electron chi connectivity index (χ0n) is 12.9. The van der Waals surface area contributed by atoms with Crippen LogP contribution in [0.1, 0.15) is 21.8 Å². The van der Waals surface area contributed by atoms with E-state index in [0.717, 1.165) is 0 Å². The average Bonchev–Trinajstić information content (AvgIpc) is 2.94. The fraction of sp³-hybridized carbons (Fsp3) is 0.118. The molecular weight excluding hydrogens is 326 g/mol. The van der Waals surface area contributed by atoms with Gasteiger partial charge in [-0.1, -0.05) is 18.2 Å². The van der Waals surface area contributed by atoms with Crippen molar-refractivity contribution in [3.05, 3.63) is 69.8 Å². The van der Waals surface area contributed by atoms with E-state index < -0.39 is 22.7 Å². The number of carbonyl (C=O) groups excluding carboxylic acids is 2. The van der Waals surface area contributed by atoms with Crippen molar-refractivity contribution in [2.75, 3.05) is 11.9 Å². The summed E-state index contributed by atoms with van der Waals surface area (Å²) < 4.78 is 4.87. The fourth-order valence-electron chi connectivity index (χ4n) is 2.55. The monoisotopic (exact) mass is 339 g/mol. The fourth-order valence-corrected chi connectivity index (χ4v) is 2.55. The summed E-state index contributed by atoms with van der Waals surface area (Å²) in [7, 11) is 0. The first-order valence-corrected chi connectivity index (χ1v) is 7.37. The third-order valence-electron chi connectivity index (χ3n) is 3.87. The molecule has 1 aliphatic heterocycles. The van der Waals surface area contributed by atoms with E-state index in [2.05, 4.69) is 5.32 Å². The number of nitrogens with zero attached hydrogens (tertiary/aromatic N) is 1. The number of nitro benzene ring substituents is 1. The van der Waals surface area contributed by atoms with Gasteiger partial charge in [0.2, 0.25) is 0 Å². The van der Waals surface area contributed by atoms with E-state index in [1.165, 1.54) is 24.3 Å². The number of benzene rings is 2. The lowest BCUT2D eigenvalue weighted by Gasteiger charge is -2.14. The van der Waals surface area contributed by atoms with Crippen LogP contribution in [0.3, 0.4) is 0 Å². The Bertz CT molecular complexity index is 876. The molecule has 1 amide bonds. The Labute approximate surface area is 142 Å². The van der Waals surface area contributed by atoms with Gasteiger partial charge in [-0.2, -0.15) is 0 Å². The highest BCUT2D eigenvalue weighted by molar-refractivity contribution is 6.39. The Morgan fingerprint density at radius 2 is 1.88 bits per heavy atom. The van der Waals surface area contributed by atoms with Crippen LogP contribution in [-0.2, 0) is 9.53 Å². The molecule has 0 aliphatic carbocycles. The summed E-state index contributed by atoms with van der Waals surface area (Å²) in [5, 5.41) is 21.2. The van der Waals surface area contributed by atoms with Gasteiger partial charge in [-0.25, -0.2) is 4.79 Å². The first-order valence-electron chi connectivity index (χ1n) is 7.37. The number of cyclic esters (lactones) is 1. The smallest absolute Gasteiger partial charge is 0.352 e. The summed E-state index contributed by atoms with van der Waals surface area (Å²) in [4.78, 5) is 33.9. The molecule has 25 heavy (non-hydrogen) atoms. The summed E-state index contributed by atoms with van der Waals surface area (Å²) in [5.41, 5.74) is 1.06. The van der Waals surface area contributed by atoms with Crippen LogP contribution in [-0.4, -0.2) is 29.1 Å². The second-order valence-corrected chi connectivity index (χ2v) is 5.41. The molecule has 3 rings (SSSR count). The van der Waals surface area contributed by atoms with Gasteiger partial charge in [0.1, 0.15) is 12.3 Å². The van der Waals surface area contributed by atoms with E-state index in [1.807, 2.05) is 0 Å². The van der Waals surface area contributed by atoms with Crippen molar-refractivity contribution in [1.82, 2.24) is 0 Å². The van der Waals surface area contributed by atoms with Gasteiger partial charge in [0, 0.05) is 23.4 Å². The molecule has 0 radical (unpaired) electrons. The van der Waals surface area contributed by atoms with Crippen molar-refractivity contribution in [3.8, 4) is 0 Å². The SMILES string of the molecule is N=C1C(=O)OCC1c1ccccc1NC(=O)c1ccc([N+](=O)[O-])cc1. The maximum absolute atomic E-state index is 12.4. The Kier molecular flexibility index (Phi) is 4.25. The minimum absolute atomic E-state index is 0.0576. The minimum Gasteiger partial charge on any atom is -0.460 e. The van der Waals surface area contributed by atoms with Gasteiger partial charge in [-0.3, -0.25) is 20.3 Å². The number of carbonyl (C=O) groups is 2.